The summed E-state index contributed by atoms with van der Waals surface area (Å²) in [5, 5.41) is 0. The lowest BCUT2D eigenvalue weighted by atomic mass is 10.1. The zero-order chi connectivity index (χ0) is 9.56. The SMILES string of the molecule is CC.CC[C@H]1C/C(=C\F)CN1C. The monoisotopic (exact) mass is 173 g/mol. The summed E-state index contributed by atoms with van der Waals surface area (Å²) in [7, 11) is 2.05. The lowest BCUT2D eigenvalue weighted by molar-refractivity contribution is 0.305. The standard InChI is InChI=1S/C8H14FN.C2H6/c1-3-8-4-7(5-9)6-10(8)2;1-2/h5,8H,3-4,6H2,1-2H3;1-2H3/b7-5+;/t8-;/m0./s1. The molecule has 0 amide bonds. The molecule has 0 unspecified atom stereocenters. The van der Waals surface area contributed by atoms with E-state index < -0.39 is 0 Å². The van der Waals surface area contributed by atoms with E-state index in [0.717, 1.165) is 31.3 Å². The predicted molar refractivity (Wildman–Crippen MR) is 51.9 cm³/mol. The van der Waals surface area contributed by atoms with Crippen molar-refractivity contribution in [1.82, 2.24) is 4.90 Å². The molecule has 0 saturated carbocycles. The minimum Gasteiger partial charge on any atom is -0.299 e. The van der Waals surface area contributed by atoms with Gasteiger partial charge in [0.1, 0.15) is 0 Å². The second-order valence-electron chi connectivity index (χ2n) is 2.95. The second-order valence-corrected chi connectivity index (χ2v) is 2.95. The number of rotatable bonds is 1. The summed E-state index contributed by atoms with van der Waals surface area (Å²) in [4.78, 5) is 2.20. The van der Waals surface area contributed by atoms with Gasteiger partial charge in [-0.3, -0.25) is 4.90 Å². The van der Waals surface area contributed by atoms with E-state index >= 15 is 0 Å². The van der Waals surface area contributed by atoms with Crippen LogP contribution in [0.5, 0.6) is 0 Å². The van der Waals surface area contributed by atoms with Crippen LogP contribution in [0.15, 0.2) is 11.9 Å². The molecule has 1 nitrogen and oxygen atoms in total. The van der Waals surface area contributed by atoms with Gasteiger partial charge in [0, 0.05) is 12.6 Å². The molecule has 2 heteroatoms. The molecule has 0 radical (unpaired) electrons. The maximum Gasteiger partial charge on any atom is 0.0872 e. The molecule has 0 aromatic heterocycles. The van der Waals surface area contributed by atoms with Crippen LogP contribution in [0.2, 0.25) is 0 Å². The van der Waals surface area contributed by atoms with Crippen molar-refractivity contribution in [2.24, 2.45) is 0 Å². The Balaban J connectivity index is 0.000000561. The van der Waals surface area contributed by atoms with Crippen molar-refractivity contribution in [2.75, 3.05) is 13.6 Å². The molecule has 1 atom stereocenters. The summed E-state index contributed by atoms with van der Waals surface area (Å²) in [6.45, 7) is 6.96. The van der Waals surface area contributed by atoms with E-state index in [9.17, 15) is 4.39 Å². The van der Waals surface area contributed by atoms with Gasteiger partial charge in [0.2, 0.25) is 0 Å². The third kappa shape index (κ3) is 2.94. The Morgan fingerprint density at radius 3 is 2.42 bits per heavy atom. The Hall–Kier alpha value is -0.370. The van der Waals surface area contributed by atoms with E-state index in [2.05, 4.69) is 11.8 Å². The molecule has 0 bridgehead atoms. The van der Waals surface area contributed by atoms with Crippen molar-refractivity contribution in [3.63, 3.8) is 0 Å². The average Bonchev–Trinajstić information content (AvgIpc) is 2.49. The number of halogens is 1. The first-order valence-electron chi connectivity index (χ1n) is 4.76. The molecule has 1 aliphatic heterocycles. The quantitative estimate of drug-likeness (QED) is 0.589. The van der Waals surface area contributed by atoms with Crippen molar-refractivity contribution in [1.29, 1.82) is 0 Å². The molecular weight excluding hydrogens is 153 g/mol. The highest BCUT2D eigenvalue weighted by molar-refractivity contribution is 5.09. The number of hydrogen-bond donors (Lipinski definition) is 0. The summed E-state index contributed by atoms with van der Waals surface area (Å²) in [6, 6.07) is 0.571. The Morgan fingerprint density at radius 1 is 1.58 bits per heavy atom. The maximum absolute atomic E-state index is 12.0. The van der Waals surface area contributed by atoms with Gasteiger partial charge in [0.15, 0.2) is 0 Å². The second kappa shape index (κ2) is 6.18. The highest BCUT2D eigenvalue weighted by atomic mass is 19.1. The molecule has 1 saturated heterocycles. The smallest absolute Gasteiger partial charge is 0.0872 e. The van der Waals surface area contributed by atoms with E-state index in [-0.39, 0.29) is 0 Å². The maximum atomic E-state index is 12.0. The molecular formula is C10H20FN. The molecule has 0 aliphatic carbocycles. The first-order valence-corrected chi connectivity index (χ1v) is 4.76. The van der Waals surface area contributed by atoms with Crippen LogP contribution in [0.25, 0.3) is 0 Å². The van der Waals surface area contributed by atoms with Crippen LogP contribution in [0.3, 0.4) is 0 Å². The molecule has 0 spiro atoms. The van der Waals surface area contributed by atoms with Gasteiger partial charge in [0.25, 0.3) is 0 Å². The van der Waals surface area contributed by atoms with Gasteiger partial charge in [-0.15, -0.1) is 0 Å². The van der Waals surface area contributed by atoms with Gasteiger partial charge in [-0.2, -0.15) is 0 Å². The Labute approximate surface area is 75.3 Å². The molecule has 0 aromatic rings. The van der Waals surface area contributed by atoms with Crippen LogP contribution in [-0.4, -0.2) is 24.5 Å². The summed E-state index contributed by atoms with van der Waals surface area (Å²) >= 11 is 0. The third-order valence-electron chi connectivity index (χ3n) is 2.20. The molecule has 0 aromatic carbocycles. The fourth-order valence-electron chi connectivity index (χ4n) is 1.51. The van der Waals surface area contributed by atoms with E-state index in [1.165, 1.54) is 0 Å². The van der Waals surface area contributed by atoms with Crippen molar-refractivity contribution < 1.29 is 4.39 Å². The zero-order valence-corrected chi connectivity index (χ0v) is 8.60. The molecule has 72 valence electrons. The molecule has 1 aliphatic rings. The van der Waals surface area contributed by atoms with E-state index in [1.807, 2.05) is 20.9 Å². The highest BCUT2D eigenvalue weighted by Crippen LogP contribution is 2.22. The molecule has 0 N–H and O–H groups in total. The lowest BCUT2D eigenvalue weighted by Crippen LogP contribution is -2.23. The largest absolute Gasteiger partial charge is 0.299 e. The Kier molecular flexibility index (Phi) is 5.99. The molecule has 1 fully saturated rings. The Bertz CT molecular complexity index is 143. The van der Waals surface area contributed by atoms with Crippen molar-refractivity contribution in [2.45, 2.75) is 39.7 Å². The molecule has 1 rings (SSSR count). The number of likely N-dealkylation sites (N-methyl/N-ethyl adjacent to an activating group) is 1. The van der Waals surface area contributed by atoms with Gasteiger partial charge in [-0.25, -0.2) is 4.39 Å². The number of hydrogen-bond acceptors (Lipinski definition) is 1. The van der Waals surface area contributed by atoms with E-state index in [1.54, 1.807) is 0 Å². The van der Waals surface area contributed by atoms with Gasteiger partial charge in [-0.1, -0.05) is 20.8 Å². The first kappa shape index (κ1) is 11.6. The normalized spacial score (nSPS) is 27.1. The predicted octanol–water partition coefficient (Wildman–Crippen LogP) is 2.98. The van der Waals surface area contributed by atoms with Gasteiger partial charge >= 0.3 is 0 Å². The Morgan fingerprint density at radius 2 is 2.17 bits per heavy atom. The average molecular weight is 173 g/mol. The van der Waals surface area contributed by atoms with Crippen molar-refractivity contribution in [3.8, 4) is 0 Å². The van der Waals surface area contributed by atoms with Crippen molar-refractivity contribution in [3.05, 3.63) is 11.9 Å². The van der Waals surface area contributed by atoms with Gasteiger partial charge in [-0.05, 0) is 25.5 Å². The summed E-state index contributed by atoms with van der Waals surface area (Å²) in [5.41, 5.74) is 0.939. The minimum absolute atomic E-state index is 0.571. The fraction of sp³-hybridized carbons (Fsp3) is 0.800. The number of nitrogens with zero attached hydrogens (tertiary/aromatic N) is 1. The van der Waals surface area contributed by atoms with Crippen LogP contribution in [-0.2, 0) is 0 Å². The third-order valence-corrected chi connectivity index (χ3v) is 2.20. The first-order chi connectivity index (χ1) is 5.77. The van der Waals surface area contributed by atoms with Crippen LogP contribution < -0.4 is 0 Å². The summed E-state index contributed by atoms with van der Waals surface area (Å²) in [6.07, 6.45) is 2.80. The fourth-order valence-corrected chi connectivity index (χ4v) is 1.51. The van der Waals surface area contributed by atoms with Gasteiger partial charge in [0.05, 0.1) is 6.33 Å². The summed E-state index contributed by atoms with van der Waals surface area (Å²) < 4.78 is 12.0. The summed E-state index contributed by atoms with van der Waals surface area (Å²) in [5.74, 6) is 0. The van der Waals surface area contributed by atoms with E-state index in [4.69, 9.17) is 0 Å². The molecule has 1 heterocycles. The van der Waals surface area contributed by atoms with Crippen LogP contribution in [0.1, 0.15) is 33.6 Å². The zero-order valence-electron chi connectivity index (χ0n) is 8.60. The van der Waals surface area contributed by atoms with Crippen LogP contribution in [0, 0.1) is 0 Å². The van der Waals surface area contributed by atoms with Crippen LogP contribution >= 0.6 is 0 Å². The minimum atomic E-state index is 0.571. The van der Waals surface area contributed by atoms with Gasteiger partial charge < -0.3 is 0 Å². The number of likely N-dealkylation sites (tertiary alicyclic amines) is 1. The highest BCUT2D eigenvalue weighted by Gasteiger charge is 2.22. The topological polar surface area (TPSA) is 3.24 Å². The van der Waals surface area contributed by atoms with E-state index in [0.29, 0.717) is 6.04 Å². The van der Waals surface area contributed by atoms with Crippen LogP contribution in [0.4, 0.5) is 4.39 Å². The van der Waals surface area contributed by atoms with Crippen molar-refractivity contribution >= 4 is 0 Å². The molecule has 12 heavy (non-hydrogen) atoms. The lowest BCUT2D eigenvalue weighted by Gasteiger charge is -2.15.